The van der Waals surface area contributed by atoms with Crippen molar-refractivity contribution in [2.24, 2.45) is 24.8 Å². The summed E-state index contributed by atoms with van der Waals surface area (Å²) in [6.45, 7) is 5.94. The molecule has 2 fully saturated rings. The Morgan fingerprint density at radius 2 is 2.09 bits per heavy atom. The molecule has 0 bridgehead atoms. The highest BCUT2D eigenvalue weighted by molar-refractivity contribution is 6.35. The van der Waals surface area contributed by atoms with Crippen molar-refractivity contribution in [3.63, 3.8) is 0 Å². The number of carbonyl (C=O) groups excluding carboxylic acids is 1. The molecule has 1 aromatic heterocycles. The maximum Gasteiger partial charge on any atom is 0.224 e. The Bertz CT molecular complexity index is 787. The highest BCUT2D eigenvalue weighted by Gasteiger charge is 2.57. The van der Waals surface area contributed by atoms with Crippen molar-refractivity contribution < 1.29 is 4.79 Å². The summed E-state index contributed by atoms with van der Waals surface area (Å²) < 4.78 is 1.79. The summed E-state index contributed by atoms with van der Waals surface area (Å²) in [7, 11) is 1.88. The number of nitrogens with one attached hydrogen (secondary N) is 2. The first kappa shape index (κ1) is 15.0. The van der Waals surface area contributed by atoms with Crippen LogP contribution in [0.4, 0.5) is 0 Å². The van der Waals surface area contributed by atoms with Crippen molar-refractivity contribution in [1.29, 1.82) is 0 Å². The van der Waals surface area contributed by atoms with Gasteiger partial charge in [-0.1, -0.05) is 23.7 Å². The van der Waals surface area contributed by atoms with Gasteiger partial charge in [-0.15, -0.1) is 0 Å². The number of nitrogens with zero attached hydrogens (tertiary/aromatic N) is 2. The Labute approximate surface area is 140 Å². The van der Waals surface area contributed by atoms with Crippen LogP contribution >= 0.6 is 11.6 Å². The molecule has 122 valence electrons. The molecule has 2 heterocycles. The van der Waals surface area contributed by atoms with Crippen molar-refractivity contribution in [3.8, 4) is 0 Å². The average molecular weight is 333 g/mol. The molecule has 6 heteroatoms. The lowest BCUT2D eigenvalue weighted by Crippen LogP contribution is -2.43. The van der Waals surface area contributed by atoms with Crippen LogP contribution in [0.5, 0.6) is 0 Å². The van der Waals surface area contributed by atoms with Gasteiger partial charge in [-0.25, -0.2) is 0 Å². The largest absolute Gasteiger partial charge is 0.345 e. The standard InChI is InChI=1S/C17H21ClN4O/c1-17(2,20-16(23)13-10-7-19-8-11(10)13)15-9-5-4-6-12(18)14(9)22(3)21-15/h4-6,10-11,13,19H,7-8H2,1-3H3,(H,20,23)/t10-,11+,13+. The van der Waals surface area contributed by atoms with E-state index < -0.39 is 5.54 Å². The maximum absolute atomic E-state index is 12.6. The second kappa shape index (κ2) is 4.95. The Morgan fingerprint density at radius 1 is 1.39 bits per heavy atom. The normalized spacial score (nSPS) is 26.3. The van der Waals surface area contributed by atoms with E-state index in [1.165, 1.54) is 0 Å². The number of fused-ring (bicyclic) bond motifs is 2. The third-order valence-corrected chi connectivity index (χ3v) is 5.54. The zero-order chi connectivity index (χ0) is 16.4. The number of hydrogen-bond donors (Lipinski definition) is 2. The second-order valence-corrected chi connectivity index (χ2v) is 7.64. The number of rotatable bonds is 3. The van der Waals surface area contributed by atoms with E-state index in [9.17, 15) is 4.79 Å². The fourth-order valence-corrected chi connectivity index (χ4v) is 4.31. The molecular weight excluding hydrogens is 312 g/mol. The van der Waals surface area contributed by atoms with E-state index in [4.69, 9.17) is 11.6 Å². The van der Waals surface area contributed by atoms with Crippen LogP contribution in [-0.4, -0.2) is 28.8 Å². The molecule has 0 spiro atoms. The second-order valence-electron chi connectivity index (χ2n) is 7.23. The third-order valence-electron chi connectivity index (χ3n) is 5.24. The predicted molar refractivity (Wildman–Crippen MR) is 90.2 cm³/mol. The molecule has 3 atom stereocenters. The molecule has 1 saturated heterocycles. The molecule has 0 radical (unpaired) electrons. The Hall–Kier alpha value is -1.59. The third kappa shape index (κ3) is 2.25. The zero-order valence-corrected chi connectivity index (χ0v) is 14.3. The van der Waals surface area contributed by atoms with Crippen LogP contribution in [0.3, 0.4) is 0 Å². The van der Waals surface area contributed by atoms with E-state index in [1.807, 2.05) is 39.1 Å². The Balaban J connectivity index is 1.64. The highest BCUT2D eigenvalue weighted by atomic mass is 35.5. The first-order chi connectivity index (χ1) is 10.9. The number of aryl methyl sites for hydroxylation is 1. The van der Waals surface area contributed by atoms with E-state index >= 15 is 0 Å². The first-order valence-corrected chi connectivity index (χ1v) is 8.42. The van der Waals surface area contributed by atoms with Gasteiger partial charge in [0.2, 0.25) is 5.91 Å². The summed E-state index contributed by atoms with van der Waals surface area (Å²) >= 11 is 6.30. The van der Waals surface area contributed by atoms with Crippen LogP contribution in [0, 0.1) is 17.8 Å². The van der Waals surface area contributed by atoms with Gasteiger partial charge in [0.1, 0.15) is 0 Å². The van der Waals surface area contributed by atoms with Gasteiger partial charge in [-0.05, 0) is 44.8 Å². The number of piperidine rings is 1. The van der Waals surface area contributed by atoms with E-state index in [0.717, 1.165) is 29.7 Å². The van der Waals surface area contributed by atoms with Crippen molar-refractivity contribution in [1.82, 2.24) is 20.4 Å². The van der Waals surface area contributed by atoms with Gasteiger partial charge in [0.25, 0.3) is 0 Å². The maximum atomic E-state index is 12.6. The van der Waals surface area contributed by atoms with Gasteiger partial charge in [0, 0.05) is 18.4 Å². The molecule has 1 aliphatic carbocycles. The van der Waals surface area contributed by atoms with Crippen LogP contribution < -0.4 is 10.6 Å². The monoisotopic (exact) mass is 332 g/mol. The number of benzene rings is 1. The van der Waals surface area contributed by atoms with Crippen molar-refractivity contribution in [3.05, 3.63) is 28.9 Å². The first-order valence-electron chi connectivity index (χ1n) is 8.04. The molecule has 1 aromatic carbocycles. The number of halogens is 1. The van der Waals surface area contributed by atoms with Gasteiger partial charge in [0.15, 0.2) is 0 Å². The smallest absolute Gasteiger partial charge is 0.224 e. The lowest BCUT2D eigenvalue weighted by atomic mass is 9.96. The number of carbonyl (C=O) groups is 1. The van der Waals surface area contributed by atoms with E-state index in [0.29, 0.717) is 16.9 Å². The van der Waals surface area contributed by atoms with Crippen LogP contribution in [-0.2, 0) is 17.4 Å². The van der Waals surface area contributed by atoms with E-state index in [2.05, 4.69) is 15.7 Å². The fraction of sp³-hybridized carbons (Fsp3) is 0.529. The number of amides is 1. The Morgan fingerprint density at radius 3 is 2.78 bits per heavy atom. The summed E-state index contributed by atoms with van der Waals surface area (Å²) in [6, 6.07) is 5.79. The molecular formula is C17H21ClN4O. The number of hydrogen-bond acceptors (Lipinski definition) is 3. The highest BCUT2D eigenvalue weighted by Crippen LogP contribution is 2.49. The van der Waals surface area contributed by atoms with Gasteiger partial charge >= 0.3 is 0 Å². The van der Waals surface area contributed by atoms with Gasteiger partial charge in [-0.2, -0.15) is 5.10 Å². The summed E-state index contributed by atoms with van der Waals surface area (Å²) in [5, 5.41) is 12.8. The van der Waals surface area contributed by atoms with Crippen molar-refractivity contribution >= 4 is 28.4 Å². The number of aromatic nitrogens is 2. The van der Waals surface area contributed by atoms with Gasteiger partial charge in [0.05, 0.1) is 21.8 Å². The lowest BCUT2D eigenvalue weighted by molar-refractivity contribution is -0.124. The SMILES string of the molecule is Cn1nc(C(C)(C)NC(=O)[C@H]2[C@@H]3CNC[C@@H]32)c2cccc(Cl)c21. The minimum absolute atomic E-state index is 0.146. The van der Waals surface area contributed by atoms with Crippen molar-refractivity contribution in [2.45, 2.75) is 19.4 Å². The molecule has 2 N–H and O–H groups in total. The van der Waals surface area contributed by atoms with E-state index in [1.54, 1.807) is 4.68 Å². The predicted octanol–water partition coefficient (Wildman–Crippen LogP) is 2.04. The molecule has 1 amide bonds. The zero-order valence-electron chi connectivity index (χ0n) is 13.6. The summed E-state index contributed by atoms with van der Waals surface area (Å²) in [5.41, 5.74) is 1.22. The molecule has 23 heavy (non-hydrogen) atoms. The molecule has 5 nitrogen and oxygen atoms in total. The summed E-state index contributed by atoms with van der Waals surface area (Å²) in [4.78, 5) is 12.6. The summed E-state index contributed by atoms with van der Waals surface area (Å²) in [5.74, 6) is 1.34. The molecule has 1 saturated carbocycles. The van der Waals surface area contributed by atoms with E-state index in [-0.39, 0.29) is 11.8 Å². The van der Waals surface area contributed by atoms with Crippen molar-refractivity contribution in [2.75, 3.05) is 13.1 Å². The molecule has 2 aromatic rings. The molecule has 1 aliphatic heterocycles. The Kier molecular flexibility index (Phi) is 3.22. The lowest BCUT2D eigenvalue weighted by Gasteiger charge is -2.25. The van der Waals surface area contributed by atoms with Gasteiger partial charge < -0.3 is 10.6 Å². The minimum atomic E-state index is -0.536. The quantitative estimate of drug-likeness (QED) is 0.904. The van der Waals surface area contributed by atoms with Crippen LogP contribution in [0.15, 0.2) is 18.2 Å². The summed E-state index contributed by atoms with van der Waals surface area (Å²) in [6.07, 6.45) is 0. The minimum Gasteiger partial charge on any atom is -0.345 e. The van der Waals surface area contributed by atoms with Crippen LogP contribution in [0.25, 0.3) is 10.9 Å². The molecule has 2 aliphatic rings. The van der Waals surface area contributed by atoms with Gasteiger partial charge in [-0.3, -0.25) is 9.48 Å². The molecule has 4 rings (SSSR count). The molecule has 0 unspecified atom stereocenters. The average Bonchev–Trinajstić information content (AvgIpc) is 2.81. The number of para-hydroxylation sites is 1. The fourth-order valence-electron chi connectivity index (χ4n) is 4.01. The topological polar surface area (TPSA) is 59.0 Å². The van der Waals surface area contributed by atoms with Crippen LogP contribution in [0.2, 0.25) is 5.02 Å². The van der Waals surface area contributed by atoms with Crippen LogP contribution in [0.1, 0.15) is 19.5 Å².